The highest BCUT2D eigenvalue weighted by Crippen LogP contribution is 2.25. The summed E-state index contributed by atoms with van der Waals surface area (Å²) < 4.78 is 7.69. The smallest absolute Gasteiger partial charge is 0.261 e. The van der Waals surface area contributed by atoms with Crippen molar-refractivity contribution >= 4 is 0 Å². The van der Waals surface area contributed by atoms with Crippen molar-refractivity contribution in [3.8, 4) is 22.8 Å². The van der Waals surface area contributed by atoms with E-state index in [2.05, 4.69) is 33.8 Å². The van der Waals surface area contributed by atoms with Crippen molar-refractivity contribution < 1.29 is 4.74 Å². The summed E-state index contributed by atoms with van der Waals surface area (Å²) in [5.74, 6) is 1.53. The van der Waals surface area contributed by atoms with Crippen molar-refractivity contribution in [1.82, 2.24) is 24.5 Å². The van der Waals surface area contributed by atoms with Crippen LogP contribution in [-0.2, 0) is 6.61 Å². The maximum Gasteiger partial charge on any atom is 0.261 e. The number of ether oxygens (including phenoxy) is 1. The second kappa shape index (κ2) is 9.55. The quantitative estimate of drug-likeness (QED) is 0.406. The van der Waals surface area contributed by atoms with Gasteiger partial charge in [-0.1, -0.05) is 19.9 Å². The fourth-order valence-electron chi connectivity index (χ4n) is 3.77. The maximum absolute atomic E-state index is 13.4. The summed E-state index contributed by atoms with van der Waals surface area (Å²) in [4.78, 5) is 31.5. The van der Waals surface area contributed by atoms with E-state index in [1.54, 1.807) is 23.9 Å². The van der Waals surface area contributed by atoms with Gasteiger partial charge in [-0.25, -0.2) is 9.97 Å². The predicted molar refractivity (Wildman–Crippen MR) is 132 cm³/mol. The maximum atomic E-state index is 13.4. The van der Waals surface area contributed by atoms with Gasteiger partial charge in [0, 0.05) is 35.8 Å². The Kier molecular flexibility index (Phi) is 6.54. The van der Waals surface area contributed by atoms with E-state index in [1.165, 1.54) is 0 Å². The number of aromatic nitrogens is 5. The first-order valence-corrected chi connectivity index (χ1v) is 11.3. The predicted octanol–water partition coefficient (Wildman–Crippen LogP) is 5.02. The fourth-order valence-corrected chi connectivity index (χ4v) is 3.77. The van der Waals surface area contributed by atoms with Gasteiger partial charge in [0.05, 0.1) is 28.3 Å². The van der Waals surface area contributed by atoms with Crippen LogP contribution in [0.25, 0.3) is 17.1 Å². The molecule has 4 aromatic heterocycles. The molecule has 7 heteroatoms. The Hall–Kier alpha value is -3.87. The molecule has 0 aliphatic carbocycles. The average Bonchev–Trinajstić information content (AvgIpc) is 2.82. The summed E-state index contributed by atoms with van der Waals surface area (Å²) in [5, 5.41) is 0. The van der Waals surface area contributed by atoms with Crippen LogP contribution < -0.4 is 10.3 Å². The van der Waals surface area contributed by atoms with Crippen LogP contribution in [0.4, 0.5) is 0 Å². The highest BCUT2D eigenvalue weighted by molar-refractivity contribution is 5.59. The Bertz CT molecular complexity index is 1410. The zero-order chi connectivity index (χ0) is 24.4. The summed E-state index contributed by atoms with van der Waals surface area (Å²) in [6.07, 6.45) is 3.52. The van der Waals surface area contributed by atoms with Crippen molar-refractivity contribution in [1.29, 1.82) is 0 Å². The molecule has 0 radical (unpaired) electrons. The van der Waals surface area contributed by atoms with E-state index in [-0.39, 0.29) is 11.5 Å². The first-order valence-electron chi connectivity index (χ1n) is 11.3. The molecule has 4 rings (SSSR count). The minimum Gasteiger partial charge on any atom is -0.487 e. The molecule has 0 aliphatic rings. The largest absolute Gasteiger partial charge is 0.487 e. The highest BCUT2D eigenvalue weighted by atomic mass is 16.5. The molecule has 0 unspecified atom stereocenters. The first kappa shape index (κ1) is 23.3. The second-order valence-corrected chi connectivity index (χ2v) is 8.79. The van der Waals surface area contributed by atoms with Crippen LogP contribution in [0.15, 0.2) is 53.6 Å². The minimum absolute atomic E-state index is 0.127. The van der Waals surface area contributed by atoms with Crippen LogP contribution in [-0.4, -0.2) is 24.5 Å². The highest BCUT2D eigenvalue weighted by Gasteiger charge is 2.16. The molecular formula is C27H29N5O2. The zero-order valence-electron chi connectivity index (χ0n) is 20.5. The standard InChI is InChI=1S/C27H29N5O2/c1-16(2)26-28-11-10-22(31-26)23-13-24(17(3)14-29-23)32-19(5)12-25(20(6)27(32)33)34-15-21-9-7-8-18(4)30-21/h7-14,16H,15H2,1-6H3. The molecule has 0 aromatic carbocycles. The van der Waals surface area contributed by atoms with Gasteiger partial charge in [-0.2, -0.15) is 0 Å². The monoisotopic (exact) mass is 455 g/mol. The van der Waals surface area contributed by atoms with Crippen molar-refractivity contribution in [3.05, 3.63) is 93.2 Å². The lowest BCUT2D eigenvalue weighted by atomic mass is 10.1. The molecule has 0 saturated heterocycles. The Morgan fingerprint density at radius 1 is 0.971 bits per heavy atom. The zero-order valence-corrected chi connectivity index (χ0v) is 20.5. The minimum atomic E-state index is -0.127. The third-order valence-corrected chi connectivity index (χ3v) is 5.68. The van der Waals surface area contributed by atoms with Crippen LogP contribution >= 0.6 is 0 Å². The van der Waals surface area contributed by atoms with E-state index >= 15 is 0 Å². The number of pyridine rings is 3. The summed E-state index contributed by atoms with van der Waals surface area (Å²) in [6, 6.07) is 11.4. The van der Waals surface area contributed by atoms with Crippen molar-refractivity contribution in [2.24, 2.45) is 0 Å². The van der Waals surface area contributed by atoms with Crippen molar-refractivity contribution in [3.63, 3.8) is 0 Å². The summed E-state index contributed by atoms with van der Waals surface area (Å²) in [7, 11) is 0. The lowest BCUT2D eigenvalue weighted by molar-refractivity contribution is 0.297. The molecule has 174 valence electrons. The van der Waals surface area contributed by atoms with Crippen LogP contribution in [0.1, 0.15) is 53.8 Å². The van der Waals surface area contributed by atoms with E-state index in [0.717, 1.165) is 39.9 Å². The lowest BCUT2D eigenvalue weighted by Crippen LogP contribution is -2.24. The number of hydrogen-bond acceptors (Lipinski definition) is 6. The van der Waals surface area contributed by atoms with Gasteiger partial charge >= 0.3 is 0 Å². The molecule has 7 nitrogen and oxygen atoms in total. The molecule has 0 amide bonds. The van der Waals surface area contributed by atoms with Gasteiger partial charge in [0.2, 0.25) is 0 Å². The van der Waals surface area contributed by atoms with Crippen molar-refractivity contribution in [2.45, 2.75) is 54.1 Å². The molecule has 0 fully saturated rings. The number of rotatable bonds is 6. The third-order valence-electron chi connectivity index (χ3n) is 5.68. The van der Waals surface area contributed by atoms with Gasteiger partial charge in [0.25, 0.3) is 5.56 Å². The third kappa shape index (κ3) is 4.73. The van der Waals surface area contributed by atoms with Crippen LogP contribution in [0, 0.1) is 27.7 Å². The van der Waals surface area contributed by atoms with Gasteiger partial charge in [0.1, 0.15) is 18.2 Å². The number of hydrogen-bond donors (Lipinski definition) is 0. The first-order chi connectivity index (χ1) is 16.2. The van der Waals surface area contributed by atoms with Crippen molar-refractivity contribution in [2.75, 3.05) is 0 Å². The topological polar surface area (TPSA) is 82.8 Å². The lowest BCUT2D eigenvalue weighted by Gasteiger charge is -2.17. The van der Waals surface area contributed by atoms with Gasteiger partial charge in [-0.05, 0) is 57.5 Å². The second-order valence-electron chi connectivity index (χ2n) is 8.79. The Morgan fingerprint density at radius 3 is 2.50 bits per heavy atom. The summed E-state index contributed by atoms with van der Waals surface area (Å²) in [5.41, 5.74) is 6.02. The molecule has 0 spiro atoms. The molecule has 4 aromatic rings. The Labute approximate surface area is 199 Å². The van der Waals surface area contributed by atoms with Crippen LogP contribution in [0.2, 0.25) is 0 Å². The van der Waals surface area contributed by atoms with E-state index in [4.69, 9.17) is 4.74 Å². The summed E-state index contributed by atoms with van der Waals surface area (Å²) in [6.45, 7) is 12.0. The van der Waals surface area contributed by atoms with Gasteiger partial charge in [-0.3, -0.25) is 19.3 Å². The SMILES string of the molecule is Cc1cccc(COc2cc(C)n(-c3cc(-c4ccnc(C(C)C)n4)ncc3C)c(=O)c2C)n1. The van der Waals surface area contributed by atoms with E-state index in [1.807, 2.05) is 57.2 Å². The van der Waals surface area contributed by atoms with E-state index in [0.29, 0.717) is 23.6 Å². The van der Waals surface area contributed by atoms with Crippen LogP contribution in [0.5, 0.6) is 5.75 Å². The number of nitrogens with zero attached hydrogens (tertiary/aromatic N) is 5. The van der Waals surface area contributed by atoms with Gasteiger partial charge < -0.3 is 4.74 Å². The summed E-state index contributed by atoms with van der Waals surface area (Å²) >= 11 is 0. The van der Waals surface area contributed by atoms with E-state index in [9.17, 15) is 4.79 Å². The Morgan fingerprint density at radius 2 is 1.76 bits per heavy atom. The molecule has 34 heavy (non-hydrogen) atoms. The fraction of sp³-hybridized carbons (Fsp3) is 0.296. The van der Waals surface area contributed by atoms with Crippen LogP contribution in [0.3, 0.4) is 0 Å². The molecule has 0 aliphatic heterocycles. The molecule has 0 N–H and O–H groups in total. The van der Waals surface area contributed by atoms with Gasteiger partial charge in [-0.15, -0.1) is 0 Å². The normalized spacial score (nSPS) is 11.1. The number of aryl methyl sites for hydroxylation is 3. The molecule has 0 bridgehead atoms. The van der Waals surface area contributed by atoms with Gasteiger partial charge in [0.15, 0.2) is 0 Å². The molecule has 4 heterocycles. The average molecular weight is 456 g/mol. The molecule has 0 atom stereocenters. The molecular weight excluding hydrogens is 426 g/mol. The Balaban J connectivity index is 1.72. The molecule has 0 saturated carbocycles. The van der Waals surface area contributed by atoms with E-state index < -0.39 is 0 Å².